The minimum atomic E-state index is -0.0827. The Labute approximate surface area is 126 Å². The second kappa shape index (κ2) is 5.10. The zero-order valence-electron chi connectivity index (χ0n) is 10.8. The second-order valence-corrected chi connectivity index (χ2v) is 4.87. The molecule has 0 amide bonds. The van der Waals surface area contributed by atoms with E-state index in [1.54, 1.807) is 22.8 Å². The summed E-state index contributed by atoms with van der Waals surface area (Å²) in [7, 11) is 5.68. The van der Waals surface area contributed by atoms with E-state index in [2.05, 4.69) is 10.2 Å². The third kappa shape index (κ3) is 2.43. The van der Waals surface area contributed by atoms with Crippen LogP contribution in [0, 0.1) is 4.77 Å². The standard InChI is InChI=1S/C14H10BN3O2S/c15-8-1-3-9(4-2-8)18-13(16-17-14(18)21)11-6-5-10(19)7-12(11)20/h1-7,19-20H,(H,17,21). The fourth-order valence-corrected chi connectivity index (χ4v) is 2.29. The van der Waals surface area contributed by atoms with Crippen LogP contribution in [0.4, 0.5) is 0 Å². The summed E-state index contributed by atoms with van der Waals surface area (Å²) < 4.78 is 2.07. The summed E-state index contributed by atoms with van der Waals surface area (Å²) in [4.78, 5) is 0. The van der Waals surface area contributed by atoms with Gasteiger partial charge in [-0.25, -0.2) is 0 Å². The maximum atomic E-state index is 9.99. The molecule has 21 heavy (non-hydrogen) atoms. The molecule has 3 N–H and O–H groups in total. The molecule has 0 saturated heterocycles. The molecule has 3 rings (SSSR count). The molecule has 1 aromatic heterocycles. The first-order valence-corrected chi connectivity index (χ1v) is 6.53. The summed E-state index contributed by atoms with van der Waals surface area (Å²) in [5.41, 5.74) is 1.87. The lowest BCUT2D eigenvalue weighted by atomic mass is 9.96. The van der Waals surface area contributed by atoms with Gasteiger partial charge in [0.2, 0.25) is 0 Å². The lowest BCUT2D eigenvalue weighted by Crippen LogP contribution is -2.03. The third-order valence-corrected chi connectivity index (χ3v) is 3.32. The molecule has 0 fully saturated rings. The number of aromatic hydroxyl groups is 2. The zero-order chi connectivity index (χ0) is 15.0. The molecule has 7 heteroatoms. The van der Waals surface area contributed by atoms with Crippen molar-refractivity contribution >= 4 is 25.5 Å². The highest BCUT2D eigenvalue weighted by molar-refractivity contribution is 7.71. The molecule has 1 heterocycles. The van der Waals surface area contributed by atoms with Crippen LogP contribution in [0.25, 0.3) is 17.1 Å². The Morgan fingerprint density at radius 3 is 2.48 bits per heavy atom. The SMILES string of the molecule is [B]c1ccc(-n2c(-c3ccc(O)cc3O)n[nH]c2=S)cc1. The monoisotopic (exact) mass is 295 g/mol. The third-order valence-electron chi connectivity index (χ3n) is 3.05. The quantitative estimate of drug-likeness (QED) is 0.498. The molecular weight excluding hydrogens is 285 g/mol. The summed E-state index contributed by atoms with van der Waals surface area (Å²) in [5, 5.41) is 26.2. The first-order valence-electron chi connectivity index (χ1n) is 6.12. The number of nitrogens with one attached hydrogen (secondary N) is 1. The summed E-state index contributed by atoms with van der Waals surface area (Å²) in [5.74, 6) is 0.340. The minimum Gasteiger partial charge on any atom is -0.508 e. The topological polar surface area (TPSA) is 74.1 Å². The molecule has 0 saturated carbocycles. The predicted molar refractivity (Wildman–Crippen MR) is 82.9 cm³/mol. The normalized spacial score (nSPS) is 10.7. The number of aromatic amines is 1. The lowest BCUT2D eigenvalue weighted by molar-refractivity contribution is 0.451. The fourth-order valence-electron chi connectivity index (χ4n) is 2.05. The van der Waals surface area contributed by atoms with Crippen LogP contribution >= 0.6 is 12.2 Å². The summed E-state index contributed by atoms with van der Waals surface area (Å²) in [6, 6.07) is 11.4. The molecule has 0 spiro atoms. The molecule has 3 aromatic rings. The summed E-state index contributed by atoms with van der Waals surface area (Å²) in [6.45, 7) is 0. The van der Waals surface area contributed by atoms with E-state index >= 15 is 0 Å². The van der Waals surface area contributed by atoms with E-state index in [1.807, 2.05) is 12.1 Å². The number of hydrogen-bond acceptors (Lipinski definition) is 4. The van der Waals surface area contributed by atoms with Crippen LogP contribution in [0.3, 0.4) is 0 Å². The predicted octanol–water partition coefficient (Wildman–Crippen LogP) is 1.80. The number of rotatable bonds is 2. The number of phenols is 2. The second-order valence-electron chi connectivity index (χ2n) is 4.48. The smallest absolute Gasteiger partial charge is 0.200 e. The van der Waals surface area contributed by atoms with Crippen LogP contribution in [0.1, 0.15) is 0 Å². The van der Waals surface area contributed by atoms with Crippen LogP contribution < -0.4 is 5.46 Å². The average Bonchev–Trinajstić information content (AvgIpc) is 2.82. The van der Waals surface area contributed by atoms with Gasteiger partial charge in [-0.2, -0.15) is 5.10 Å². The van der Waals surface area contributed by atoms with E-state index in [0.29, 0.717) is 21.6 Å². The van der Waals surface area contributed by atoms with Crippen LogP contribution in [-0.2, 0) is 0 Å². The van der Waals surface area contributed by atoms with Crippen LogP contribution in [0.5, 0.6) is 11.5 Å². The van der Waals surface area contributed by atoms with Gasteiger partial charge in [0.15, 0.2) is 10.6 Å². The maximum Gasteiger partial charge on any atom is 0.200 e. The van der Waals surface area contributed by atoms with E-state index in [4.69, 9.17) is 20.1 Å². The number of hydrogen-bond donors (Lipinski definition) is 3. The van der Waals surface area contributed by atoms with Crippen molar-refractivity contribution < 1.29 is 10.2 Å². The van der Waals surface area contributed by atoms with Crippen molar-refractivity contribution in [2.45, 2.75) is 0 Å². The first kappa shape index (κ1) is 13.4. The van der Waals surface area contributed by atoms with Gasteiger partial charge in [-0.15, -0.1) is 0 Å². The molecular formula is C14H10BN3O2S. The van der Waals surface area contributed by atoms with Gasteiger partial charge >= 0.3 is 0 Å². The van der Waals surface area contributed by atoms with Gasteiger partial charge in [0.25, 0.3) is 0 Å². The van der Waals surface area contributed by atoms with Gasteiger partial charge in [0.1, 0.15) is 19.3 Å². The molecule has 0 unspecified atom stereocenters. The Bertz CT molecular complexity index is 855. The highest BCUT2D eigenvalue weighted by Gasteiger charge is 2.14. The van der Waals surface area contributed by atoms with Crippen molar-refractivity contribution in [3.05, 3.63) is 47.2 Å². The molecule has 2 aromatic carbocycles. The van der Waals surface area contributed by atoms with Crippen molar-refractivity contribution in [1.82, 2.24) is 14.8 Å². The average molecular weight is 295 g/mol. The highest BCUT2D eigenvalue weighted by Crippen LogP contribution is 2.31. The van der Waals surface area contributed by atoms with Gasteiger partial charge < -0.3 is 10.2 Å². The van der Waals surface area contributed by atoms with Crippen LogP contribution in [0.2, 0.25) is 0 Å². The molecule has 0 aliphatic carbocycles. The van der Waals surface area contributed by atoms with E-state index in [1.165, 1.54) is 12.1 Å². The summed E-state index contributed by atoms with van der Waals surface area (Å²) >= 11 is 5.24. The highest BCUT2D eigenvalue weighted by atomic mass is 32.1. The Morgan fingerprint density at radius 2 is 1.81 bits per heavy atom. The molecule has 0 aliphatic heterocycles. The van der Waals surface area contributed by atoms with E-state index in [0.717, 1.165) is 5.69 Å². The number of H-pyrrole nitrogens is 1. The number of phenolic OH excluding ortho intramolecular Hbond substituents is 2. The molecule has 5 nitrogen and oxygen atoms in total. The van der Waals surface area contributed by atoms with Crippen LogP contribution in [0.15, 0.2) is 42.5 Å². The molecule has 2 radical (unpaired) electrons. The molecule has 0 bridgehead atoms. The minimum absolute atomic E-state index is 0.0237. The number of nitrogens with zero attached hydrogens (tertiary/aromatic N) is 2. The van der Waals surface area contributed by atoms with Crippen molar-refractivity contribution in [2.24, 2.45) is 0 Å². The van der Waals surface area contributed by atoms with E-state index in [-0.39, 0.29) is 11.5 Å². The Morgan fingerprint density at radius 1 is 1.10 bits per heavy atom. The zero-order valence-corrected chi connectivity index (χ0v) is 11.6. The van der Waals surface area contributed by atoms with Gasteiger partial charge in [0, 0.05) is 11.8 Å². The molecule has 0 atom stereocenters. The van der Waals surface area contributed by atoms with Gasteiger partial charge in [-0.05, 0) is 36.5 Å². The van der Waals surface area contributed by atoms with Crippen molar-refractivity contribution in [3.8, 4) is 28.6 Å². The van der Waals surface area contributed by atoms with Crippen LogP contribution in [-0.4, -0.2) is 32.8 Å². The lowest BCUT2D eigenvalue weighted by Gasteiger charge is -2.09. The summed E-state index contributed by atoms with van der Waals surface area (Å²) in [6.07, 6.45) is 0. The van der Waals surface area contributed by atoms with Gasteiger partial charge in [-0.1, -0.05) is 17.6 Å². The van der Waals surface area contributed by atoms with Crippen molar-refractivity contribution in [3.63, 3.8) is 0 Å². The Kier molecular flexibility index (Phi) is 3.27. The van der Waals surface area contributed by atoms with Gasteiger partial charge in [-0.3, -0.25) is 9.67 Å². The first-order chi connectivity index (χ1) is 10.1. The fraction of sp³-hybridized carbons (Fsp3) is 0. The molecule has 102 valence electrons. The van der Waals surface area contributed by atoms with Gasteiger partial charge in [0.05, 0.1) is 5.56 Å². The van der Waals surface area contributed by atoms with Crippen molar-refractivity contribution in [1.29, 1.82) is 0 Å². The number of aromatic nitrogens is 3. The maximum absolute atomic E-state index is 9.99. The molecule has 0 aliphatic rings. The van der Waals surface area contributed by atoms with E-state index < -0.39 is 0 Å². The number of benzene rings is 2. The Hall–Kier alpha value is -2.54. The largest absolute Gasteiger partial charge is 0.508 e. The van der Waals surface area contributed by atoms with Crippen molar-refractivity contribution in [2.75, 3.05) is 0 Å². The Balaban J connectivity index is 2.21. The van der Waals surface area contributed by atoms with E-state index in [9.17, 15) is 10.2 Å².